The summed E-state index contributed by atoms with van der Waals surface area (Å²) in [4.78, 5) is 11.6. The summed E-state index contributed by atoms with van der Waals surface area (Å²) in [5.41, 5.74) is -0.345. The molecule has 1 atom stereocenters. The molecule has 1 fully saturated rings. The fourth-order valence-corrected chi connectivity index (χ4v) is 1.93. The van der Waals surface area contributed by atoms with E-state index in [0.29, 0.717) is 6.04 Å². The van der Waals surface area contributed by atoms with Crippen molar-refractivity contribution in [2.75, 3.05) is 26.8 Å². The predicted molar refractivity (Wildman–Crippen MR) is 64.3 cm³/mol. The van der Waals surface area contributed by atoms with Crippen LogP contribution < -0.4 is 10.6 Å². The van der Waals surface area contributed by atoms with Gasteiger partial charge in [0.25, 0.3) is 0 Å². The van der Waals surface area contributed by atoms with Crippen LogP contribution in [0.2, 0.25) is 0 Å². The highest BCUT2D eigenvalue weighted by Gasteiger charge is 2.27. The molecule has 16 heavy (non-hydrogen) atoms. The molecule has 0 saturated carbocycles. The van der Waals surface area contributed by atoms with Crippen molar-refractivity contribution in [2.24, 2.45) is 5.41 Å². The molecule has 0 bridgehead atoms. The lowest BCUT2D eigenvalue weighted by molar-refractivity contribution is -0.128. The van der Waals surface area contributed by atoms with Crippen LogP contribution in [0, 0.1) is 5.41 Å². The second-order valence-electron chi connectivity index (χ2n) is 5.08. The first kappa shape index (κ1) is 13.5. The number of rotatable bonds is 4. The van der Waals surface area contributed by atoms with Crippen molar-refractivity contribution in [3.63, 3.8) is 0 Å². The molecule has 1 aliphatic heterocycles. The number of hydrogen-bond acceptors (Lipinski definition) is 3. The van der Waals surface area contributed by atoms with Gasteiger partial charge in [0.15, 0.2) is 0 Å². The minimum absolute atomic E-state index is 0.0878. The Labute approximate surface area is 98.1 Å². The molecule has 94 valence electrons. The van der Waals surface area contributed by atoms with E-state index in [-0.39, 0.29) is 11.3 Å². The Hall–Kier alpha value is -0.610. The van der Waals surface area contributed by atoms with Gasteiger partial charge in [0, 0.05) is 32.8 Å². The van der Waals surface area contributed by atoms with Crippen LogP contribution in [0.5, 0.6) is 0 Å². The molecule has 1 saturated heterocycles. The number of carbonyl (C=O) groups is 1. The fourth-order valence-electron chi connectivity index (χ4n) is 1.93. The van der Waals surface area contributed by atoms with Gasteiger partial charge in [-0.2, -0.15) is 0 Å². The molecule has 0 aromatic rings. The van der Waals surface area contributed by atoms with E-state index >= 15 is 0 Å². The Balaban J connectivity index is 2.34. The Morgan fingerprint density at radius 2 is 2.12 bits per heavy atom. The van der Waals surface area contributed by atoms with Crippen LogP contribution in [0.25, 0.3) is 0 Å². The zero-order valence-electron chi connectivity index (χ0n) is 10.6. The Morgan fingerprint density at radius 3 is 2.81 bits per heavy atom. The maximum absolute atomic E-state index is 11.6. The van der Waals surface area contributed by atoms with Crippen LogP contribution >= 0.6 is 0 Å². The third-order valence-corrected chi connectivity index (χ3v) is 3.13. The Morgan fingerprint density at radius 1 is 1.38 bits per heavy atom. The van der Waals surface area contributed by atoms with E-state index in [1.807, 2.05) is 13.8 Å². The lowest BCUT2D eigenvalue weighted by atomic mass is 9.91. The molecular weight excluding hydrogens is 204 g/mol. The van der Waals surface area contributed by atoms with E-state index in [1.54, 1.807) is 7.05 Å². The molecule has 0 aromatic carbocycles. The topological polar surface area (TPSA) is 50.4 Å². The average Bonchev–Trinajstić information content (AvgIpc) is 2.53. The Kier molecular flexibility index (Phi) is 5.22. The molecule has 1 heterocycles. The van der Waals surface area contributed by atoms with E-state index in [0.717, 1.165) is 39.0 Å². The van der Waals surface area contributed by atoms with Gasteiger partial charge in [-0.05, 0) is 33.1 Å². The average molecular weight is 228 g/mol. The van der Waals surface area contributed by atoms with Crippen molar-refractivity contribution in [3.05, 3.63) is 0 Å². The fraction of sp³-hybridized carbons (Fsp3) is 0.917. The molecule has 4 nitrogen and oxygen atoms in total. The molecular formula is C12H24N2O2. The summed E-state index contributed by atoms with van der Waals surface area (Å²) in [6.07, 6.45) is 3.30. The lowest BCUT2D eigenvalue weighted by Crippen LogP contribution is -2.45. The highest BCUT2D eigenvalue weighted by Crippen LogP contribution is 2.15. The third-order valence-electron chi connectivity index (χ3n) is 3.13. The zero-order chi connectivity index (χ0) is 12.0. The van der Waals surface area contributed by atoms with Crippen molar-refractivity contribution in [3.8, 4) is 0 Å². The number of nitrogens with one attached hydrogen (secondary N) is 2. The van der Waals surface area contributed by atoms with Crippen LogP contribution in [0.3, 0.4) is 0 Å². The van der Waals surface area contributed by atoms with Crippen molar-refractivity contribution in [1.82, 2.24) is 10.6 Å². The smallest absolute Gasteiger partial charge is 0.226 e. The van der Waals surface area contributed by atoms with Crippen molar-refractivity contribution >= 4 is 5.91 Å². The standard InChI is InChI=1S/C12H24N2O2/c1-12(2,11(15)13-3)9-14-10-5-4-7-16-8-6-10/h10,14H,4-9H2,1-3H3,(H,13,15). The van der Waals surface area contributed by atoms with Crippen molar-refractivity contribution < 1.29 is 9.53 Å². The van der Waals surface area contributed by atoms with E-state index in [1.165, 1.54) is 0 Å². The lowest BCUT2D eigenvalue weighted by Gasteiger charge is -2.26. The van der Waals surface area contributed by atoms with Crippen LogP contribution in [0.4, 0.5) is 0 Å². The molecule has 0 aromatic heterocycles. The Bertz CT molecular complexity index is 221. The minimum Gasteiger partial charge on any atom is -0.381 e. The van der Waals surface area contributed by atoms with Gasteiger partial charge in [0.1, 0.15) is 0 Å². The van der Waals surface area contributed by atoms with Crippen LogP contribution in [-0.4, -0.2) is 38.8 Å². The molecule has 1 unspecified atom stereocenters. The van der Waals surface area contributed by atoms with Gasteiger partial charge >= 0.3 is 0 Å². The summed E-state index contributed by atoms with van der Waals surface area (Å²) in [5.74, 6) is 0.0878. The molecule has 1 aliphatic rings. The monoisotopic (exact) mass is 228 g/mol. The van der Waals surface area contributed by atoms with Crippen LogP contribution in [0.1, 0.15) is 33.1 Å². The SMILES string of the molecule is CNC(=O)C(C)(C)CNC1CCCOCC1. The molecule has 0 radical (unpaired) electrons. The maximum atomic E-state index is 11.6. The summed E-state index contributed by atoms with van der Waals surface area (Å²) in [7, 11) is 1.68. The second kappa shape index (κ2) is 6.21. The number of ether oxygens (including phenoxy) is 1. The van der Waals surface area contributed by atoms with Crippen molar-refractivity contribution in [1.29, 1.82) is 0 Å². The van der Waals surface area contributed by atoms with Gasteiger partial charge in [0.2, 0.25) is 5.91 Å². The normalized spacial score (nSPS) is 22.6. The van der Waals surface area contributed by atoms with Gasteiger partial charge < -0.3 is 15.4 Å². The quantitative estimate of drug-likeness (QED) is 0.752. The molecule has 1 rings (SSSR count). The van der Waals surface area contributed by atoms with E-state index in [2.05, 4.69) is 10.6 Å². The molecule has 0 spiro atoms. The minimum atomic E-state index is -0.345. The van der Waals surface area contributed by atoms with Gasteiger partial charge in [0.05, 0.1) is 5.41 Å². The first-order valence-corrected chi connectivity index (χ1v) is 6.09. The van der Waals surface area contributed by atoms with Crippen LogP contribution in [0.15, 0.2) is 0 Å². The van der Waals surface area contributed by atoms with E-state index in [9.17, 15) is 4.79 Å². The third kappa shape index (κ3) is 4.10. The van der Waals surface area contributed by atoms with Crippen molar-refractivity contribution in [2.45, 2.75) is 39.2 Å². The summed E-state index contributed by atoms with van der Waals surface area (Å²) in [6.45, 7) is 6.35. The highest BCUT2D eigenvalue weighted by atomic mass is 16.5. The van der Waals surface area contributed by atoms with Gasteiger partial charge in [-0.25, -0.2) is 0 Å². The summed E-state index contributed by atoms with van der Waals surface area (Å²) in [5, 5.41) is 6.18. The molecule has 1 amide bonds. The largest absolute Gasteiger partial charge is 0.381 e. The number of hydrogen-bond donors (Lipinski definition) is 2. The van der Waals surface area contributed by atoms with E-state index < -0.39 is 0 Å². The molecule has 4 heteroatoms. The van der Waals surface area contributed by atoms with Gasteiger partial charge in [-0.15, -0.1) is 0 Å². The van der Waals surface area contributed by atoms with Gasteiger partial charge in [-0.1, -0.05) is 0 Å². The number of amides is 1. The maximum Gasteiger partial charge on any atom is 0.226 e. The summed E-state index contributed by atoms with van der Waals surface area (Å²) in [6, 6.07) is 0.492. The first-order valence-electron chi connectivity index (χ1n) is 6.09. The summed E-state index contributed by atoms with van der Waals surface area (Å²) < 4.78 is 5.41. The first-order chi connectivity index (χ1) is 7.56. The molecule has 2 N–H and O–H groups in total. The van der Waals surface area contributed by atoms with Crippen LogP contribution in [-0.2, 0) is 9.53 Å². The van der Waals surface area contributed by atoms with Gasteiger partial charge in [-0.3, -0.25) is 4.79 Å². The zero-order valence-corrected chi connectivity index (χ0v) is 10.6. The number of carbonyl (C=O) groups excluding carboxylic acids is 1. The summed E-state index contributed by atoms with van der Waals surface area (Å²) >= 11 is 0. The second-order valence-corrected chi connectivity index (χ2v) is 5.08. The van der Waals surface area contributed by atoms with E-state index in [4.69, 9.17) is 4.74 Å². The predicted octanol–water partition coefficient (Wildman–Crippen LogP) is 0.917. The molecule has 0 aliphatic carbocycles. The highest BCUT2D eigenvalue weighted by molar-refractivity contribution is 5.81.